The van der Waals surface area contributed by atoms with Gasteiger partial charge in [0.2, 0.25) is 5.91 Å². The number of aryl methyl sites for hydroxylation is 2. The number of ether oxygens (including phenoxy) is 4. The number of alkyl halides is 6. The monoisotopic (exact) mass is 1180 g/mol. The van der Waals surface area contributed by atoms with Crippen LogP contribution in [0.1, 0.15) is 99.6 Å². The Kier molecular flexibility index (Phi) is 20.6. The van der Waals surface area contributed by atoms with E-state index in [9.17, 15) is 40.7 Å². The molecule has 4 aromatic heterocycles. The summed E-state index contributed by atoms with van der Waals surface area (Å²) in [5.41, 5.74) is 5.92. The molecule has 5 heterocycles. The van der Waals surface area contributed by atoms with E-state index in [2.05, 4.69) is 10.3 Å². The van der Waals surface area contributed by atoms with Crippen LogP contribution >= 0.6 is 22.7 Å². The lowest BCUT2D eigenvalue weighted by molar-refractivity contribution is -0.141. The van der Waals surface area contributed by atoms with Gasteiger partial charge in [-0.3, -0.25) is 9.59 Å². The lowest BCUT2D eigenvalue weighted by Gasteiger charge is -2.22. The van der Waals surface area contributed by atoms with E-state index in [1.54, 1.807) is 24.3 Å². The first-order chi connectivity index (χ1) is 38.9. The molecule has 0 spiro atoms. The molecule has 434 valence electrons. The van der Waals surface area contributed by atoms with Crippen LogP contribution in [0.15, 0.2) is 173 Å². The number of esters is 1. The standard InChI is InChI=1S/C35H29F3N2O5S.C26H22F3NO4S.2CH4/c1-22-17-31(25-7-11-26(12-8-25)35(36,37)38)46-32(22)21-43-28-13-9-24(10-14-28)29(30-15-16-45-39-30)19-33(41)40-27(20-44-34(40)42)18-23-5-3-2-4-6-23;1-16-13-23(18-3-7-19(8-4-18)26(27,28)29)35-24(16)15-33-20-9-5-17(6-10-20)21(14-25(31)32-2)22-11-12-34-30-22;;/h2-17,27,29H,18-21H2,1H3;3-13,21H,14-15H2,1-2H3;2*1H4/t27-,29-;21-;;/m00../s1. The van der Waals surface area contributed by atoms with Crippen LogP contribution < -0.4 is 9.47 Å². The quantitative estimate of drug-likeness (QED) is 0.0598. The number of imide groups is 1. The molecule has 0 unspecified atom stereocenters. The molecule has 0 saturated carbocycles. The van der Waals surface area contributed by atoms with E-state index in [1.165, 1.54) is 71.5 Å². The Morgan fingerprint density at radius 1 is 0.627 bits per heavy atom. The van der Waals surface area contributed by atoms with Crippen molar-refractivity contribution in [1.29, 1.82) is 0 Å². The van der Waals surface area contributed by atoms with E-state index < -0.39 is 41.5 Å². The zero-order valence-corrected chi connectivity index (χ0v) is 45.3. The Morgan fingerprint density at radius 2 is 1.07 bits per heavy atom. The van der Waals surface area contributed by atoms with Crippen molar-refractivity contribution >= 4 is 40.6 Å². The number of aromatic nitrogens is 2. The molecule has 0 N–H and O–H groups in total. The van der Waals surface area contributed by atoms with Gasteiger partial charge in [0.05, 0.1) is 42.1 Å². The molecule has 0 radical (unpaired) electrons. The van der Waals surface area contributed by atoms with Crippen molar-refractivity contribution in [1.82, 2.24) is 15.2 Å². The molecule has 20 heteroatoms. The number of carbonyl (C=O) groups excluding carboxylic acids is 3. The fraction of sp³-hybridized carbons (Fsp3) is 0.254. The molecule has 2 amide bonds. The zero-order chi connectivity index (χ0) is 57.3. The van der Waals surface area contributed by atoms with Gasteiger partial charge in [-0.2, -0.15) is 26.3 Å². The summed E-state index contributed by atoms with van der Waals surface area (Å²) in [4.78, 5) is 42.9. The van der Waals surface area contributed by atoms with Crippen LogP contribution in [0, 0.1) is 13.8 Å². The van der Waals surface area contributed by atoms with Crippen LogP contribution in [0.25, 0.3) is 20.9 Å². The predicted molar refractivity (Wildman–Crippen MR) is 304 cm³/mol. The van der Waals surface area contributed by atoms with E-state index in [-0.39, 0.29) is 58.7 Å². The van der Waals surface area contributed by atoms with Crippen molar-refractivity contribution in [2.24, 2.45) is 0 Å². The minimum Gasteiger partial charge on any atom is -0.488 e. The molecule has 3 atom stereocenters. The van der Waals surface area contributed by atoms with Crippen LogP contribution in [0.3, 0.4) is 0 Å². The second kappa shape index (κ2) is 27.5. The molecule has 12 nitrogen and oxygen atoms in total. The number of halogens is 6. The average Bonchev–Trinajstić information content (AvgIpc) is 4.53. The number of hydrogen-bond donors (Lipinski definition) is 0. The summed E-state index contributed by atoms with van der Waals surface area (Å²) in [6.45, 7) is 4.62. The maximum Gasteiger partial charge on any atom is 0.416 e. The molecule has 5 aromatic carbocycles. The number of cyclic esters (lactones) is 1. The van der Waals surface area contributed by atoms with E-state index in [0.717, 1.165) is 77.2 Å². The first-order valence-corrected chi connectivity index (χ1v) is 26.9. The Hall–Kier alpha value is -8.49. The second-order valence-electron chi connectivity index (χ2n) is 18.9. The van der Waals surface area contributed by atoms with Gasteiger partial charge >= 0.3 is 24.4 Å². The summed E-state index contributed by atoms with van der Waals surface area (Å²) in [6.07, 6.45) is -5.89. The fourth-order valence-electron chi connectivity index (χ4n) is 9.06. The summed E-state index contributed by atoms with van der Waals surface area (Å²) in [6, 6.07) is 41.5. The molecular weight excluding hydrogens is 1120 g/mol. The van der Waals surface area contributed by atoms with Gasteiger partial charge < -0.3 is 28.0 Å². The van der Waals surface area contributed by atoms with Gasteiger partial charge in [0.15, 0.2) is 0 Å². The number of carbonyl (C=O) groups is 3. The highest BCUT2D eigenvalue weighted by Gasteiger charge is 2.39. The van der Waals surface area contributed by atoms with E-state index in [4.69, 9.17) is 28.0 Å². The number of benzene rings is 5. The van der Waals surface area contributed by atoms with Crippen molar-refractivity contribution in [3.05, 3.63) is 224 Å². The Labute approximate surface area is 484 Å². The maximum absolute atomic E-state index is 13.6. The SMILES string of the molecule is C.C.COC(=O)C[C@@H](c1ccc(OCc2sc(-c3ccc(C(F)(F)F)cc3)cc2C)cc1)c1ccon1.Cc1cc(-c2ccc(C(F)(F)F)cc2)sc1COc1ccc([C@H](CC(=O)N2C(=O)OC[C@@H]2Cc2ccccc2)c2ccon2)cc1. The van der Waals surface area contributed by atoms with E-state index in [0.29, 0.717) is 41.5 Å². The minimum atomic E-state index is -4.38. The Bertz CT molecular complexity index is 3510. The number of thiophene rings is 2. The molecule has 10 rings (SSSR count). The molecule has 1 saturated heterocycles. The highest BCUT2D eigenvalue weighted by molar-refractivity contribution is 7.16. The third kappa shape index (κ3) is 15.7. The van der Waals surface area contributed by atoms with Crippen molar-refractivity contribution in [2.75, 3.05) is 13.7 Å². The summed E-state index contributed by atoms with van der Waals surface area (Å²) in [5.74, 6) is -0.249. The van der Waals surface area contributed by atoms with Crippen molar-refractivity contribution < 1.29 is 68.7 Å². The molecule has 0 aliphatic carbocycles. The molecule has 1 aliphatic heterocycles. The summed E-state index contributed by atoms with van der Waals surface area (Å²) in [7, 11) is 1.34. The van der Waals surface area contributed by atoms with Crippen LogP contribution in [-0.2, 0) is 51.0 Å². The van der Waals surface area contributed by atoms with Crippen LogP contribution in [0.2, 0.25) is 0 Å². The minimum absolute atomic E-state index is 0. The van der Waals surface area contributed by atoms with Crippen LogP contribution in [-0.4, -0.2) is 52.9 Å². The van der Waals surface area contributed by atoms with Gasteiger partial charge in [0.1, 0.15) is 43.8 Å². The molecule has 9 aromatic rings. The average molecular weight is 1180 g/mol. The van der Waals surface area contributed by atoms with Gasteiger partial charge in [-0.05, 0) is 120 Å². The van der Waals surface area contributed by atoms with Gasteiger partial charge in [0.25, 0.3) is 0 Å². The number of rotatable bonds is 18. The first-order valence-electron chi connectivity index (χ1n) is 25.3. The fourth-order valence-corrected chi connectivity index (χ4v) is 11.2. The van der Waals surface area contributed by atoms with Crippen molar-refractivity contribution in [2.45, 2.75) is 91.4 Å². The zero-order valence-electron chi connectivity index (χ0n) is 43.7. The topological polar surface area (TPSA) is 143 Å². The highest BCUT2D eigenvalue weighted by atomic mass is 32.1. The van der Waals surface area contributed by atoms with Crippen molar-refractivity contribution in [3.8, 4) is 32.4 Å². The summed E-state index contributed by atoms with van der Waals surface area (Å²) < 4.78 is 109. The van der Waals surface area contributed by atoms with Gasteiger partial charge in [-0.25, -0.2) is 9.69 Å². The second-order valence-corrected chi connectivity index (χ2v) is 21.2. The number of methoxy groups -OCH3 is 1. The normalized spacial score (nSPS) is 13.8. The van der Waals surface area contributed by atoms with Crippen molar-refractivity contribution in [3.63, 3.8) is 0 Å². The van der Waals surface area contributed by atoms with Crippen LogP contribution in [0.5, 0.6) is 11.5 Å². The largest absolute Gasteiger partial charge is 0.488 e. The number of hydrogen-bond acceptors (Lipinski definition) is 13. The molecule has 0 bridgehead atoms. The summed E-state index contributed by atoms with van der Waals surface area (Å²) in [5, 5.41) is 8.05. The lowest BCUT2D eigenvalue weighted by atomic mass is 9.91. The predicted octanol–water partition coefficient (Wildman–Crippen LogP) is 16.7. The van der Waals surface area contributed by atoms with Gasteiger partial charge in [0, 0.05) is 49.9 Å². The smallest absolute Gasteiger partial charge is 0.416 e. The Balaban J connectivity index is 0.000000241. The van der Waals surface area contributed by atoms with Gasteiger partial charge in [-0.1, -0.05) is 104 Å². The lowest BCUT2D eigenvalue weighted by Crippen LogP contribution is -2.40. The molecular formula is C63H59F6N3O9S2. The first kappa shape index (κ1) is 62.1. The maximum atomic E-state index is 13.6. The van der Waals surface area contributed by atoms with Crippen LogP contribution in [0.4, 0.5) is 31.1 Å². The molecule has 1 fully saturated rings. The number of nitrogens with zero attached hydrogens (tertiary/aromatic N) is 3. The third-order valence-corrected chi connectivity index (χ3v) is 16.0. The third-order valence-electron chi connectivity index (χ3n) is 13.5. The van der Waals surface area contributed by atoms with E-state index in [1.807, 2.05) is 92.7 Å². The van der Waals surface area contributed by atoms with E-state index >= 15 is 0 Å². The molecule has 83 heavy (non-hydrogen) atoms. The number of amides is 2. The molecule has 1 aliphatic rings. The highest BCUT2D eigenvalue weighted by Crippen LogP contribution is 2.38. The Morgan fingerprint density at radius 3 is 1.48 bits per heavy atom. The van der Waals surface area contributed by atoms with Gasteiger partial charge in [-0.15, -0.1) is 22.7 Å². The summed E-state index contributed by atoms with van der Waals surface area (Å²) >= 11 is 2.95.